The van der Waals surface area contributed by atoms with E-state index in [2.05, 4.69) is 13.8 Å². The molecule has 0 saturated heterocycles. The average Bonchev–Trinajstić information content (AvgIpc) is 2.17. The zero-order valence-electron chi connectivity index (χ0n) is 9.92. The number of nitrogens with two attached hydrogens (primary N) is 1. The number of hydrogen-bond acceptors (Lipinski definition) is 3. The molecule has 2 atom stereocenters. The van der Waals surface area contributed by atoms with Crippen LogP contribution in [0.15, 0.2) is 0 Å². The lowest BCUT2D eigenvalue weighted by Crippen LogP contribution is -2.52. The fourth-order valence-electron chi connectivity index (χ4n) is 2.23. The normalized spacial score (nSPS) is 31.3. The molecule has 1 saturated carbocycles. The van der Waals surface area contributed by atoms with Gasteiger partial charge in [-0.1, -0.05) is 33.1 Å². The first-order valence-corrected chi connectivity index (χ1v) is 6.04. The zero-order valence-corrected chi connectivity index (χ0v) is 9.92. The molecular weight excluding hydrogens is 190 g/mol. The van der Waals surface area contributed by atoms with Crippen LogP contribution in [0.1, 0.15) is 52.4 Å². The Bertz CT molecular complexity index is 218. The van der Waals surface area contributed by atoms with Crippen molar-refractivity contribution in [2.45, 2.75) is 57.9 Å². The third kappa shape index (κ3) is 3.49. The molecule has 2 unspecified atom stereocenters. The van der Waals surface area contributed by atoms with Crippen molar-refractivity contribution in [3.8, 4) is 0 Å². The van der Waals surface area contributed by atoms with Crippen LogP contribution in [-0.2, 0) is 9.53 Å². The van der Waals surface area contributed by atoms with Gasteiger partial charge in [-0.2, -0.15) is 0 Å². The molecule has 1 aliphatic rings. The van der Waals surface area contributed by atoms with Gasteiger partial charge in [-0.3, -0.25) is 4.79 Å². The quantitative estimate of drug-likeness (QED) is 0.575. The second-order valence-corrected chi connectivity index (χ2v) is 4.85. The summed E-state index contributed by atoms with van der Waals surface area (Å²) < 4.78 is 5.21. The summed E-state index contributed by atoms with van der Waals surface area (Å²) in [6.45, 7) is 4.75. The summed E-state index contributed by atoms with van der Waals surface area (Å²) in [6, 6.07) is 0. The highest BCUT2D eigenvalue weighted by molar-refractivity contribution is 5.80. The third-order valence-electron chi connectivity index (χ3n) is 3.17. The van der Waals surface area contributed by atoms with Crippen LogP contribution >= 0.6 is 0 Å². The van der Waals surface area contributed by atoms with E-state index in [0.717, 1.165) is 32.1 Å². The van der Waals surface area contributed by atoms with Crippen LogP contribution in [0.3, 0.4) is 0 Å². The van der Waals surface area contributed by atoms with Gasteiger partial charge in [0.1, 0.15) is 5.54 Å². The van der Waals surface area contributed by atoms with E-state index in [-0.39, 0.29) is 5.97 Å². The van der Waals surface area contributed by atoms with Gasteiger partial charge in [-0.25, -0.2) is 0 Å². The predicted molar refractivity (Wildman–Crippen MR) is 60.4 cm³/mol. The van der Waals surface area contributed by atoms with Gasteiger partial charge in [0.2, 0.25) is 0 Å². The van der Waals surface area contributed by atoms with E-state index >= 15 is 0 Å². The highest BCUT2D eigenvalue weighted by Crippen LogP contribution is 2.31. The monoisotopic (exact) mass is 213 g/mol. The van der Waals surface area contributed by atoms with Crippen molar-refractivity contribution >= 4 is 5.97 Å². The summed E-state index contributed by atoms with van der Waals surface area (Å²) in [5.41, 5.74) is 5.40. The van der Waals surface area contributed by atoms with E-state index in [9.17, 15) is 4.79 Å². The summed E-state index contributed by atoms with van der Waals surface area (Å²) in [4.78, 5) is 11.8. The van der Waals surface area contributed by atoms with Gasteiger partial charge in [0, 0.05) is 0 Å². The average molecular weight is 213 g/mol. The number of ether oxygens (including phenoxy) is 1. The fraction of sp³-hybridized carbons (Fsp3) is 0.917. The van der Waals surface area contributed by atoms with Gasteiger partial charge in [0.25, 0.3) is 0 Å². The molecule has 0 spiro atoms. The molecule has 88 valence electrons. The molecule has 3 nitrogen and oxygen atoms in total. The fourth-order valence-corrected chi connectivity index (χ4v) is 2.23. The minimum Gasteiger partial charge on any atom is -0.464 e. The number of unbranched alkanes of at least 4 members (excludes halogenated alkanes) is 1. The Labute approximate surface area is 92.4 Å². The molecule has 0 heterocycles. The lowest BCUT2D eigenvalue weighted by molar-refractivity contribution is -0.152. The molecule has 0 aromatic carbocycles. The number of esters is 1. The molecule has 0 bridgehead atoms. The standard InChI is InChI=1S/C12H23NO2/c1-3-4-8-15-11(14)12(13)7-5-6-10(2)9-12/h10H,3-9,13H2,1-2H3. The number of carbonyl (C=O) groups excluding carboxylic acids is 1. The molecule has 0 amide bonds. The first-order valence-electron chi connectivity index (χ1n) is 6.04. The van der Waals surface area contributed by atoms with Gasteiger partial charge in [-0.15, -0.1) is 0 Å². The molecule has 0 radical (unpaired) electrons. The molecular formula is C12H23NO2. The summed E-state index contributed by atoms with van der Waals surface area (Å²) in [7, 11) is 0. The Kier molecular flexibility index (Phi) is 4.58. The number of hydrogen-bond donors (Lipinski definition) is 1. The Hall–Kier alpha value is -0.570. The van der Waals surface area contributed by atoms with Gasteiger partial charge in [0.05, 0.1) is 6.61 Å². The second kappa shape index (κ2) is 5.50. The van der Waals surface area contributed by atoms with Crippen molar-refractivity contribution in [3.05, 3.63) is 0 Å². The minimum atomic E-state index is -0.703. The molecule has 0 aromatic heterocycles. The van der Waals surface area contributed by atoms with E-state index < -0.39 is 5.54 Å². The molecule has 1 rings (SSSR count). The Morgan fingerprint density at radius 3 is 2.93 bits per heavy atom. The summed E-state index contributed by atoms with van der Waals surface area (Å²) in [5.74, 6) is 0.352. The van der Waals surface area contributed by atoms with Gasteiger partial charge in [-0.05, 0) is 25.2 Å². The lowest BCUT2D eigenvalue weighted by Gasteiger charge is -2.34. The van der Waals surface area contributed by atoms with Crippen molar-refractivity contribution in [1.29, 1.82) is 0 Å². The topological polar surface area (TPSA) is 52.3 Å². The van der Waals surface area contributed by atoms with Crippen molar-refractivity contribution in [3.63, 3.8) is 0 Å². The molecule has 0 aromatic rings. The van der Waals surface area contributed by atoms with Gasteiger partial charge >= 0.3 is 5.97 Å². The van der Waals surface area contributed by atoms with Gasteiger partial charge in [0.15, 0.2) is 0 Å². The molecule has 3 heteroatoms. The largest absolute Gasteiger partial charge is 0.464 e. The van der Waals surface area contributed by atoms with Crippen molar-refractivity contribution in [1.82, 2.24) is 0 Å². The Morgan fingerprint density at radius 1 is 1.60 bits per heavy atom. The van der Waals surface area contributed by atoms with E-state index in [0.29, 0.717) is 12.5 Å². The van der Waals surface area contributed by atoms with E-state index in [1.165, 1.54) is 6.42 Å². The van der Waals surface area contributed by atoms with Crippen LogP contribution in [-0.4, -0.2) is 18.1 Å². The maximum Gasteiger partial charge on any atom is 0.326 e. The summed E-state index contributed by atoms with van der Waals surface area (Å²) >= 11 is 0. The number of rotatable bonds is 4. The van der Waals surface area contributed by atoms with Crippen LogP contribution < -0.4 is 5.73 Å². The molecule has 15 heavy (non-hydrogen) atoms. The third-order valence-corrected chi connectivity index (χ3v) is 3.17. The summed E-state index contributed by atoms with van der Waals surface area (Å²) in [5, 5.41) is 0. The molecule has 1 aliphatic carbocycles. The first kappa shape index (κ1) is 12.5. The van der Waals surface area contributed by atoms with E-state index in [1.54, 1.807) is 0 Å². The van der Waals surface area contributed by atoms with Crippen molar-refractivity contribution in [2.75, 3.05) is 6.61 Å². The Morgan fingerprint density at radius 2 is 2.33 bits per heavy atom. The van der Waals surface area contributed by atoms with Gasteiger partial charge < -0.3 is 10.5 Å². The zero-order chi connectivity index (χ0) is 11.3. The van der Waals surface area contributed by atoms with Crippen molar-refractivity contribution < 1.29 is 9.53 Å². The van der Waals surface area contributed by atoms with Crippen LogP contribution in [0, 0.1) is 5.92 Å². The first-order chi connectivity index (χ1) is 7.08. The van der Waals surface area contributed by atoms with Crippen LogP contribution in [0.25, 0.3) is 0 Å². The van der Waals surface area contributed by atoms with E-state index in [1.807, 2.05) is 0 Å². The van der Waals surface area contributed by atoms with E-state index in [4.69, 9.17) is 10.5 Å². The lowest BCUT2D eigenvalue weighted by atomic mass is 9.77. The van der Waals surface area contributed by atoms with Crippen LogP contribution in [0.5, 0.6) is 0 Å². The predicted octanol–water partition coefficient (Wildman–Crippen LogP) is 2.24. The highest BCUT2D eigenvalue weighted by Gasteiger charge is 2.39. The maximum atomic E-state index is 11.8. The summed E-state index contributed by atoms with van der Waals surface area (Å²) in [6.07, 6.45) is 5.75. The SMILES string of the molecule is CCCCOC(=O)C1(N)CCCC(C)C1. The highest BCUT2D eigenvalue weighted by atomic mass is 16.5. The second-order valence-electron chi connectivity index (χ2n) is 4.85. The minimum absolute atomic E-state index is 0.192. The van der Waals surface area contributed by atoms with Crippen molar-refractivity contribution in [2.24, 2.45) is 11.7 Å². The Balaban J connectivity index is 2.41. The smallest absolute Gasteiger partial charge is 0.326 e. The van der Waals surface area contributed by atoms with Crippen LogP contribution in [0.2, 0.25) is 0 Å². The maximum absolute atomic E-state index is 11.8. The molecule has 2 N–H and O–H groups in total. The van der Waals surface area contributed by atoms with Crippen LogP contribution in [0.4, 0.5) is 0 Å². The molecule has 1 fully saturated rings. The number of carbonyl (C=O) groups is 1. The molecule has 0 aliphatic heterocycles.